The molecule has 3 aromatic rings. The van der Waals surface area contributed by atoms with Crippen LogP contribution in [0.3, 0.4) is 0 Å². The van der Waals surface area contributed by atoms with Crippen molar-refractivity contribution in [2.24, 2.45) is 0 Å². The Morgan fingerprint density at radius 2 is 1.79 bits per heavy atom. The monoisotopic (exact) mass is 495 g/mol. The van der Waals surface area contributed by atoms with Crippen molar-refractivity contribution >= 4 is 30.8 Å². The summed E-state index contributed by atoms with van der Waals surface area (Å²) in [4.78, 5) is 12.6. The molecule has 0 spiro atoms. The SMILES string of the molecule is CC(NC(=O)Nc1ccc(S(=O)(=O)Cc2ccc3c(c2)C(C)(P)CNC3)cc1)c1ccccc1. The van der Waals surface area contributed by atoms with E-state index in [9.17, 15) is 13.2 Å². The standard InChI is InChI=1S/C26H30N3O3PS/c1-18(20-6-4-3-5-7-20)28-25(30)29-22-10-12-23(13-11-22)34(31,32)16-19-8-9-21-15-27-17-26(2,33)24(21)14-19/h3-14,18,27H,15-17,33H2,1-2H3,(H2,28,29,30). The number of carbonyl (C=O) groups is 1. The number of hydrogen-bond donors (Lipinski definition) is 3. The number of rotatable bonds is 6. The van der Waals surface area contributed by atoms with Gasteiger partial charge in [0, 0.05) is 23.9 Å². The number of fused-ring (bicyclic) bond motifs is 1. The van der Waals surface area contributed by atoms with Crippen LogP contribution in [0.15, 0.2) is 77.7 Å². The Bertz CT molecular complexity index is 1280. The quantitative estimate of drug-likeness (QED) is 0.431. The first-order chi connectivity index (χ1) is 16.1. The number of nitrogens with one attached hydrogen (secondary N) is 3. The number of hydrogen-bond acceptors (Lipinski definition) is 4. The van der Waals surface area contributed by atoms with E-state index in [1.807, 2.05) is 55.5 Å². The zero-order chi connectivity index (χ0) is 24.3. The Morgan fingerprint density at radius 1 is 1.09 bits per heavy atom. The summed E-state index contributed by atoms with van der Waals surface area (Å²) in [6.45, 7) is 5.65. The van der Waals surface area contributed by atoms with Crippen LogP contribution < -0.4 is 16.0 Å². The molecular formula is C26H30N3O3PS. The Labute approximate surface area is 203 Å². The molecule has 0 aromatic heterocycles. The fourth-order valence-electron chi connectivity index (χ4n) is 4.19. The second-order valence-corrected chi connectivity index (χ2v) is 12.3. The summed E-state index contributed by atoms with van der Waals surface area (Å²) in [5.74, 6) is -0.0731. The van der Waals surface area contributed by atoms with Gasteiger partial charge in [-0.05, 0) is 53.4 Å². The maximum absolute atomic E-state index is 13.0. The van der Waals surface area contributed by atoms with Gasteiger partial charge in [0.2, 0.25) is 0 Å². The minimum atomic E-state index is -3.53. The average Bonchev–Trinajstić information content (AvgIpc) is 2.80. The molecule has 34 heavy (non-hydrogen) atoms. The summed E-state index contributed by atoms with van der Waals surface area (Å²) in [7, 11) is -0.657. The number of urea groups is 1. The molecule has 2 amide bonds. The lowest BCUT2D eigenvalue weighted by molar-refractivity contribution is 0.249. The van der Waals surface area contributed by atoms with E-state index in [0.717, 1.165) is 24.2 Å². The molecule has 8 heteroatoms. The van der Waals surface area contributed by atoms with Crippen molar-refractivity contribution in [3.8, 4) is 0 Å². The molecule has 3 atom stereocenters. The van der Waals surface area contributed by atoms with Crippen molar-refractivity contribution < 1.29 is 13.2 Å². The lowest BCUT2D eigenvalue weighted by Crippen LogP contribution is -2.36. The highest BCUT2D eigenvalue weighted by Gasteiger charge is 2.28. The smallest absolute Gasteiger partial charge is 0.319 e. The van der Waals surface area contributed by atoms with Crippen LogP contribution in [0.2, 0.25) is 0 Å². The lowest BCUT2D eigenvalue weighted by Gasteiger charge is -2.33. The van der Waals surface area contributed by atoms with Gasteiger partial charge in [0.25, 0.3) is 0 Å². The van der Waals surface area contributed by atoms with E-state index in [1.165, 1.54) is 23.3 Å². The first-order valence-corrected chi connectivity index (χ1v) is 13.4. The molecule has 1 aliphatic heterocycles. The third-order valence-electron chi connectivity index (χ3n) is 6.07. The van der Waals surface area contributed by atoms with Gasteiger partial charge in [-0.25, -0.2) is 13.2 Å². The highest BCUT2D eigenvalue weighted by atomic mass is 32.2. The van der Waals surface area contributed by atoms with E-state index in [2.05, 4.69) is 32.1 Å². The maximum atomic E-state index is 13.0. The van der Waals surface area contributed by atoms with Crippen molar-refractivity contribution in [1.29, 1.82) is 0 Å². The minimum absolute atomic E-state index is 0.0731. The molecule has 0 radical (unpaired) electrons. The second kappa shape index (κ2) is 9.87. The highest BCUT2D eigenvalue weighted by molar-refractivity contribution is 7.90. The van der Waals surface area contributed by atoms with E-state index in [1.54, 1.807) is 12.1 Å². The predicted octanol–water partition coefficient (Wildman–Crippen LogP) is 4.74. The number of benzene rings is 3. The van der Waals surface area contributed by atoms with Gasteiger partial charge < -0.3 is 16.0 Å². The van der Waals surface area contributed by atoms with Crippen molar-refractivity contribution in [3.63, 3.8) is 0 Å². The molecule has 0 fully saturated rings. The largest absolute Gasteiger partial charge is 0.331 e. The van der Waals surface area contributed by atoms with Gasteiger partial charge in [0.05, 0.1) is 16.7 Å². The van der Waals surface area contributed by atoms with Gasteiger partial charge in [-0.2, -0.15) is 0 Å². The predicted molar refractivity (Wildman–Crippen MR) is 140 cm³/mol. The molecule has 4 rings (SSSR count). The van der Waals surface area contributed by atoms with Crippen molar-refractivity contribution in [2.75, 3.05) is 11.9 Å². The van der Waals surface area contributed by atoms with Crippen LogP contribution in [0.5, 0.6) is 0 Å². The molecular weight excluding hydrogens is 465 g/mol. The summed E-state index contributed by atoms with van der Waals surface area (Å²) in [5, 5.41) is 8.90. The summed E-state index contributed by atoms with van der Waals surface area (Å²) < 4.78 is 26.1. The van der Waals surface area contributed by atoms with Gasteiger partial charge in [-0.15, -0.1) is 9.24 Å². The molecule has 6 nitrogen and oxygen atoms in total. The van der Waals surface area contributed by atoms with E-state index in [0.29, 0.717) is 5.69 Å². The minimum Gasteiger partial charge on any atom is -0.331 e. The van der Waals surface area contributed by atoms with Gasteiger partial charge in [0.1, 0.15) is 0 Å². The molecule has 0 aliphatic carbocycles. The van der Waals surface area contributed by atoms with E-state index in [-0.39, 0.29) is 27.9 Å². The summed E-state index contributed by atoms with van der Waals surface area (Å²) in [6, 6.07) is 21.4. The second-order valence-electron chi connectivity index (χ2n) is 9.03. The number of carbonyl (C=O) groups excluding carboxylic acids is 1. The first-order valence-electron chi connectivity index (χ1n) is 11.2. The third kappa shape index (κ3) is 5.66. The van der Waals surface area contributed by atoms with Crippen LogP contribution in [0, 0.1) is 0 Å². The zero-order valence-electron chi connectivity index (χ0n) is 19.3. The fraction of sp³-hybridized carbons (Fsp3) is 0.269. The van der Waals surface area contributed by atoms with Gasteiger partial charge in [0.15, 0.2) is 9.84 Å². The molecule has 1 aliphatic rings. The highest BCUT2D eigenvalue weighted by Crippen LogP contribution is 2.36. The van der Waals surface area contributed by atoms with Gasteiger partial charge in [-0.3, -0.25) is 0 Å². The Balaban J connectivity index is 1.41. The Morgan fingerprint density at radius 3 is 2.50 bits per heavy atom. The van der Waals surface area contributed by atoms with Crippen LogP contribution in [0.4, 0.5) is 10.5 Å². The number of anilines is 1. The Kier molecular flexibility index (Phi) is 7.08. The molecule has 0 saturated carbocycles. The zero-order valence-corrected chi connectivity index (χ0v) is 21.3. The van der Waals surface area contributed by atoms with Gasteiger partial charge in [-0.1, -0.05) is 55.5 Å². The Hall–Kier alpha value is -2.73. The van der Waals surface area contributed by atoms with E-state index >= 15 is 0 Å². The maximum Gasteiger partial charge on any atom is 0.319 e. The lowest BCUT2D eigenvalue weighted by atomic mass is 9.90. The van der Waals surface area contributed by atoms with Crippen molar-refractivity contribution in [3.05, 3.63) is 95.1 Å². The molecule has 0 saturated heterocycles. The van der Waals surface area contributed by atoms with Crippen LogP contribution in [-0.2, 0) is 27.3 Å². The summed E-state index contributed by atoms with van der Waals surface area (Å²) in [5.41, 5.74) is 4.65. The number of sulfone groups is 1. The molecule has 1 heterocycles. The molecule has 3 N–H and O–H groups in total. The topological polar surface area (TPSA) is 87.3 Å². The van der Waals surface area contributed by atoms with Crippen LogP contribution in [0.1, 0.15) is 42.1 Å². The van der Waals surface area contributed by atoms with Crippen LogP contribution >= 0.6 is 9.24 Å². The average molecular weight is 496 g/mol. The van der Waals surface area contributed by atoms with E-state index < -0.39 is 9.84 Å². The molecule has 3 unspecified atom stereocenters. The van der Waals surface area contributed by atoms with Crippen molar-refractivity contribution in [2.45, 2.75) is 42.2 Å². The molecule has 0 bridgehead atoms. The first kappa shape index (κ1) is 24.4. The molecule has 178 valence electrons. The van der Waals surface area contributed by atoms with Gasteiger partial charge >= 0.3 is 6.03 Å². The van der Waals surface area contributed by atoms with Crippen LogP contribution in [-0.4, -0.2) is 21.0 Å². The fourth-order valence-corrected chi connectivity index (χ4v) is 5.94. The normalized spacial score (nSPS) is 18.6. The third-order valence-corrected chi connectivity index (χ3v) is 8.29. The molecule has 3 aromatic carbocycles. The summed E-state index contributed by atoms with van der Waals surface area (Å²) >= 11 is 0. The summed E-state index contributed by atoms with van der Waals surface area (Å²) in [6.07, 6.45) is 0. The van der Waals surface area contributed by atoms with Crippen LogP contribution in [0.25, 0.3) is 0 Å². The van der Waals surface area contributed by atoms with Crippen molar-refractivity contribution in [1.82, 2.24) is 10.6 Å². The van der Waals surface area contributed by atoms with E-state index in [4.69, 9.17) is 0 Å². The number of amides is 2.